The Morgan fingerprint density at radius 2 is 1.45 bits per heavy atom. The van der Waals surface area contributed by atoms with Crippen molar-refractivity contribution in [2.75, 3.05) is 6.61 Å². The maximum Gasteiger partial charge on any atom is 0.416 e. The van der Waals surface area contributed by atoms with Crippen LogP contribution in [0.1, 0.15) is 22.6 Å². The van der Waals surface area contributed by atoms with Crippen LogP contribution in [0.15, 0.2) is 18.2 Å². The van der Waals surface area contributed by atoms with E-state index < -0.39 is 47.5 Å². The number of halogens is 6. The number of carbonyl (C=O) groups is 1. The number of hydrogen-bond acceptors (Lipinski definition) is 3. The Balaban J connectivity index is 3.49. The number of benzene rings is 1. The molecule has 1 aromatic carbocycles. The zero-order valence-electron chi connectivity index (χ0n) is 9.55. The van der Waals surface area contributed by atoms with Crippen LogP contribution in [0.2, 0.25) is 0 Å². The van der Waals surface area contributed by atoms with Crippen LogP contribution in [-0.4, -0.2) is 17.7 Å². The Morgan fingerprint density at radius 3 is 1.70 bits per heavy atom. The van der Waals surface area contributed by atoms with Gasteiger partial charge in [0.1, 0.15) is 0 Å². The lowest BCUT2D eigenvalue weighted by molar-refractivity contribution is -0.308. The van der Waals surface area contributed by atoms with E-state index in [1.807, 2.05) is 0 Å². The first-order valence-electron chi connectivity index (χ1n) is 5.08. The predicted octanol–water partition coefficient (Wildman–Crippen LogP) is 1.55. The largest absolute Gasteiger partial charge is 0.549 e. The van der Waals surface area contributed by atoms with Crippen molar-refractivity contribution >= 4 is 5.97 Å². The van der Waals surface area contributed by atoms with Gasteiger partial charge in [0.05, 0.1) is 23.7 Å². The summed E-state index contributed by atoms with van der Waals surface area (Å²) in [5.41, 5.74) is -4.13. The van der Waals surface area contributed by atoms with Crippen LogP contribution < -0.4 is 5.11 Å². The summed E-state index contributed by atoms with van der Waals surface area (Å²) in [5, 5.41) is 19.4. The molecule has 0 aromatic heterocycles. The molecule has 0 aliphatic rings. The molecule has 0 fully saturated rings. The number of hydrogen-bond donors (Lipinski definition) is 1. The van der Waals surface area contributed by atoms with Crippen LogP contribution in [0.25, 0.3) is 0 Å². The van der Waals surface area contributed by atoms with Gasteiger partial charge in [0.15, 0.2) is 0 Å². The third kappa shape index (κ3) is 3.62. The topological polar surface area (TPSA) is 60.4 Å². The molecule has 0 amide bonds. The summed E-state index contributed by atoms with van der Waals surface area (Å²) in [6.07, 6.45) is -10.2. The van der Waals surface area contributed by atoms with Crippen LogP contribution in [0.3, 0.4) is 0 Å². The van der Waals surface area contributed by atoms with Crippen LogP contribution in [-0.2, 0) is 17.1 Å². The van der Waals surface area contributed by atoms with E-state index in [0.29, 0.717) is 0 Å². The molecule has 0 heterocycles. The fourth-order valence-corrected chi connectivity index (χ4v) is 1.50. The molecule has 0 bridgehead atoms. The molecule has 1 rings (SSSR count). The molecule has 0 aliphatic carbocycles. The Kier molecular flexibility index (Phi) is 4.33. The van der Waals surface area contributed by atoms with Crippen LogP contribution in [0.5, 0.6) is 0 Å². The van der Waals surface area contributed by atoms with Gasteiger partial charge < -0.3 is 15.0 Å². The van der Waals surface area contributed by atoms with Gasteiger partial charge in [-0.3, -0.25) is 0 Å². The number of carbonyl (C=O) groups excluding carboxylic acids is 1. The van der Waals surface area contributed by atoms with Gasteiger partial charge in [-0.25, -0.2) is 0 Å². The fraction of sp³-hybridized carbons (Fsp3) is 0.364. The molecule has 9 heteroatoms. The highest BCUT2D eigenvalue weighted by atomic mass is 19.4. The smallest absolute Gasteiger partial charge is 0.416 e. The van der Waals surface area contributed by atoms with E-state index in [2.05, 4.69) is 0 Å². The van der Waals surface area contributed by atoms with Crippen LogP contribution in [0.4, 0.5) is 26.3 Å². The van der Waals surface area contributed by atoms with Gasteiger partial charge >= 0.3 is 12.4 Å². The van der Waals surface area contributed by atoms with Gasteiger partial charge in [-0.2, -0.15) is 26.3 Å². The maximum absolute atomic E-state index is 12.5. The average Bonchev–Trinajstić information content (AvgIpc) is 2.26. The van der Waals surface area contributed by atoms with Crippen molar-refractivity contribution in [1.29, 1.82) is 0 Å². The summed E-state index contributed by atoms with van der Waals surface area (Å²) in [5.74, 6) is -3.95. The number of rotatable bonds is 3. The van der Waals surface area contributed by atoms with Gasteiger partial charge in [-0.15, -0.1) is 0 Å². The molecule has 3 nitrogen and oxygen atoms in total. The lowest BCUT2D eigenvalue weighted by Crippen LogP contribution is -2.32. The van der Waals surface area contributed by atoms with Gasteiger partial charge in [-0.05, 0) is 23.8 Å². The van der Waals surface area contributed by atoms with Crippen LogP contribution in [0, 0.1) is 0 Å². The summed E-state index contributed by atoms with van der Waals surface area (Å²) in [4.78, 5) is 10.6. The maximum atomic E-state index is 12.5. The minimum Gasteiger partial charge on any atom is -0.549 e. The Hall–Kier alpha value is -1.77. The molecular formula is C11H7F6O3-. The number of aliphatic hydroxyl groups excluding tert-OH is 1. The Labute approximate surface area is 108 Å². The van der Waals surface area contributed by atoms with E-state index in [-0.39, 0.29) is 18.2 Å². The van der Waals surface area contributed by atoms with Gasteiger partial charge in [0, 0.05) is 5.92 Å². The molecule has 0 radical (unpaired) electrons. The highest BCUT2D eigenvalue weighted by Crippen LogP contribution is 2.37. The van der Waals surface area contributed by atoms with Gasteiger partial charge in [0.25, 0.3) is 0 Å². The second-order valence-corrected chi connectivity index (χ2v) is 3.89. The third-order valence-corrected chi connectivity index (χ3v) is 2.48. The molecule has 1 aromatic rings. The molecule has 0 spiro atoms. The summed E-state index contributed by atoms with van der Waals surface area (Å²) in [7, 11) is 0. The SMILES string of the molecule is O=C([O-])C(CO)c1cc(C(F)(F)F)cc(C(F)(F)F)c1. The lowest BCUT2D eigenvalue weighted by Gasteiger charge is -2.19. The molecular weight excluding hydrogens is 294 g/mol. The average molecular weight is 301 g/mol. The first-order valence-corrected chi connectivity index (χ1v) is 5.08. The fourth-order valence-electron chi connectivity index (χ4n) is 1.50. The lowest BCUT2D eigenvalue weighted by atomic mass is 9.95. The molecule has 1 atom stereocenters. The molecule has 20 heavy (non-hydrogen) atoms. The van der Waals surface area contributed by atoms with E-state index in [1.54, 1.807) is 0 Å². The first-order chi connectivity index (χ1) is 8.96. The molecule has 112 valence electrons. The van der Waals surface area contributed by atoms with E-state index in [4.69, 9.17) is 5.11 Å². The van der Waals surface area contributed by atoms with Crippen molar-refractivity contribution in [3.63, 3.8) is 0 Å². The van der Waals surface area contributed by atoms with E-state index in [1.165, 1.54) is 0 Å². The zero-order chi connectivity index (χ0) is 15.7. The van der Waals surface area contributed by atoms with E-state index in [0.717, 1.165) is 0 Å². The standard InChI is InChI=1S/C11H8F6O3/c12-10(13,14)6-1-5(8(4-18)9(19)20)2-7(3-6)11(15,16)17/h1-3,8,18H,4H2,(H,19,20)/p-1. The van der Waals surface area contributed by atoms with Crippen molar-refractivity contribution in [2.24, 2.45) is 0 Å². The summed E-state index contributed by atoms with van der Waals surface area (Å²) in [6, 6.07) is 0.352. The zero-order valence-corrected chi connectivity index (χ0v) is 9.55. The normalized spacial score (nSPS) is 14.2. The summed E-state index contributed by atoms with van der Waals surface area (Å²) >= 11 is 0. The van der Waals surface area contributed by atoms with Crippen molar-refractivity contribution in [3.8, 4) is 0 Å². The summed E-state index contributed by atoms with van der Waals surface area (Å²) < 4.78 is 75.1. The minimum atomic E-state index is -5.08. The molecule has 0 aliphatic heterocycles. The number of carboxylic acids is 1. The highest BCUT2D eigenvalue weighted by Gasteiger charge is 2.37. The van der Waals surface area contributed by atoms with Crippen molar-refractivity contribution in [3.05, 3.63) is 34.9 Å². The molecule has 0 saturated carbocycles. The predicted molar refractivity (Wildman–Crippen MR) is 51.3 cm³/mol. The number of carboxylic acid groups (broad SMARTS) is 1. The monoisotopic (exact) mass is 301 g/mol. The van der Waals surface area contributed by atoms with Crippen molar-refractivity contribution in [1.82, 2.24) is 0 Å². The Morgan fingerprint density at radius 1 is 1.05 bits per heavy atom. The quantitative estimate of drug-likeness (QED) is 0.862. The Bertz CT molecular complexity index is 474. The summed E-state index contributed by atoms with van der Waals surface area (Å²) in [6.45, 7) is -1.18. The second kappa shape index (κ2) is 5.31. The first kappa shape index (κ1) is 16.3. The highest BCUT2D eigenvalue weighted by molar-refractivity contribution is 5.74. The van der Waals surface area contributed by atoms with Gasteiger partial charge in [0.2, 0.25) is 0 Å². The van der Waals surface area contributed by atoms with Crippen LogP contribution >= 0.6 is 0 Å². The third-order valence-electron chi connectivity index (χ3n) is 2.48. The van der Waals surface area contributed by atoms with E-state index in [9.17, 15) is 36.2 Å². The molecule has 1 unspecified atom stereocenters. The van der Waals surface area contributed by atoms with Crippen molar-refractivity contribution in [2.45, 2.75) is 18.3 Å². The second-order valence-electron chi connectivity index (χ2n) is 3.89. The molecule has 1 N–H and O–H groups in total. The van der Waals surface area contributed by atoms with E-state index >= 15 is 0 Å². The number of aliphatic carboxylic acids is 1. The minimum absolute atomic E-state index is 0.132. The van der Waals surface area contributed by atoms with Gasteiger partial charge in [-0.1, -0.05) is 0 Å². The number of alkyl halides is 6. The number of aliphatic hydroxyl groups is 1. The van der Waals surface area contributed by atoms with Crippen molar-refractivity contribution < 1.29 is 41.4 Å². The molecule has 0 saturated heterocycles.